The molecule has 0 atom stereocenters. The Morgan fingerprint density at radius 1 is 0.690 bits per heavy atom. The van der Waals surface area contributed by atoms with E-state index >= 15 is 0 Å². The number of hydrogen-bond acceptors (Lipinski definition) is 10. The van der Waals surface area contributed by atoms with Crippen molar-refractivity contribution in [2.24, 2.45) is 0 Å². The van der Waals surface area contributed by atoms with Crippen LogP contribution in [0.3, 0.4) is 0 Å². The van der Waals surface area contributed by atoms with Crippen molar-refractivity contribution in [1.82, 2.24) is 0 Å². The molecule has 0 aliphatic heterocycles. The molecular weight excluding hydrogens is 568 g/mol. The normalized spacial score (nSPS) is 10.7. The molecule has 0 fully saturated rings. The molecule has 0 bridgehead atoms. The van der Waals surface area contributed by atoms with Crippen LogP contribution >= 0.6 is 0 Å². The minimum Gasteiger partial charge on any atom is -0.726 e. The van der Waals surface area contributed by atoms with Crippen LogP contribution in [0.15, 0.2) is 36.5 Å². The molecule has 12 nitrogen and oxygen atoms in total. The highest BCUT2D eigenvalue weighted by atomic mass is 32.3. The molecule has 13 heteroatoms. The van der Waals surface area contributed by atoms with Crippen LogP contribution in [0.1, 0.15) is 61.3 Å². The fourth-order valence-corrected chi connectivity index (χ4v) is 2.55. The maximum Gasteiger partial charge on any atom is 0.333 e. The minimum atomic E-state index is -4.41. The first-order valence-corrected chi connectivity index (χ1v) is 15.1. The van der Waals surface area contributed by atoms with Crippen molar-refractivity contribution in [2.75, 3.05) is 73.7 Å². The second-order valence-corrected chi connectivity index (χ2v) is 11.3. The predicted molar refractivity (Wildman–Crippen MR) is 162 cm³/mol. The molecule has 0 rings (SSSR count). The Kier molecular flexibility index (Phi) is 27.6. The zero-order valence-corrected chi connectivity index (χ0v) is 28.4. The number of carboxylic acids is 1. The van der Waals surface area contributed by atoms with E-state index in [1.807, 2.05) is 0 Å². The molecule has 0 aromatic carbocycles. The number of quaternary nitrogens is 2. The van der Waals surface area contributed by atoms with Gasteiger partial charge in [0.1, 0.15) is 0 Å². The monoisotopic (exact) mass is 624 g/mol. The molecular formula is C29H56N2O10S. The van der Waals surface area contributed by atoms with Gasteiger partial charge in [-0.15, -0.1) is 0 Å². The average molecular weight is 625 g/mol. The molecule has 0 unspecified atom stereocenters. The number of ether oxygens (including phenoxy) is 2. The molecule has 0 aliphatic carbocycles. The predicted octanol–water partition coefficient (Wildman–Crippen LogP) is 2.37. The van der Waals surface area contributed by atoms with E-state index in [1.54, 1.807) is 13.8 Å². The van der Waals surface area contributed by atoms with Crippen molar-refractivity contribution in [2.45, 2.75) is 61.3 Å². The van der Waals surface area contributed by atoms with E-state index < -0.39 is 16.4 Å². The summed E-state index contributed by atoms with van der Waals surface area (Å²) in [5.41, 5.74) is 1.01. The van der Waals surface area contributed by atoms with E-state index in [0.29, 0.717) is 24.4 Å². The number of carbonyl (C=O) groups is 3. The van der Waals surface area contributed by atoms with Gasteiger partial charge in [0.2, 0.25) is 10.4 Å². The highest BCUT2D eigenvalue weighted by molar-refractivity contribution is 7.80. The van der Waals surface area contributed by atoms with E-state index in [2.05, 4.69) is 65.7 Å². The number of esters is 2. The number of carbonyl (C=O) groups excluding carboxylic acids is 3. The lowest BCUT2D eigenvalue weighted by molar-refractivity contribution is -0.906. The van der Waals surface area contributed by atoms with Crippen molar-refractivity contribution >= 4 is 28.3 Å². The van der Waals surface area contributed by atoms with Crippen LogP contribution in [0.4, 0.5) is 0 Å². The Morgan fingerprint density at radius 2 is 0.929 bits per heavy atom. The van der Waals surface area contributed by atoms with E-state index in [9.17, 15) is 32.5 Å². The van der Waals surface area contributed by atoms with E-state index in [4.69, 9.17) is 9.47 Å². The molecule has 248 valence electrons. The Bertz CT molecular complexity index is 878. The van der Waals surface area contributed by atoms with Crippen LogP contribution < -0.4 is 5.11 Å². The maximum atomic E-state index is 11.1. The Labute approximate surface area is 254 Å². The van der Waals surface area contributed by atoms with Crippen LogP contribution in [0.2, 0.25) is 0 Å². The zero-order chi connectivity index (χ0) is 34.2. The topological polar surface area (TPSA) is 159 Å². The molecule has 0 aliphatic rings. The van der Waals surface area contributed by atoms with Crippen LogP contribution in [-0.4, -0.2) is 114 Å². The van der Waals surface area contributed by atoms with Gasteiger partial charge in [0.25, 0.3) is 0 Å². The highest BCUT2D eigenvalue weighted by Crippen LogP contribution is 2.04. The summed E-state index contributed by atoms with van der Waals surface area (Å²) in [6.07, 6.45) is 1.83. The number of hydrogen-bond donors (Lipinski definition) is 0. The minimum absolute atomic E-state index is 0.0648. The second kappa shape index (κ2) is 25.0. The highest BCUT2D eigenvalue weighted by Gasteiger charge is 2.16. The average Bonchev–Trinajstić information content (AvgIpc) is 2.93. The molecule has 0 amide bonds. The first-order valence-electron chi connectivity index (χ1n) is 13.8. The summed E-state index contributed by atoms with van der Waals surface area (Å²) in [7, 11) is 0.841. The Hall–Kier alpha value is -2.58. The molecule has 0 saturated carbocycles. The summed E-state index contributed by atoms with van der Waals surface area (Å²) in [4.78, 5) is 31.6. The van der Waals surface area contributed by atoms with E-state index in [1.165, 1.54) is 6.92 Å². The standard InChI is InChI=1S/2C12H24NO2.C4H6O2.CH4O4S/c2*1-6-13(5,7-2)9-8-10-15-12(14)11(3)4;1-3(2)4(5)6;1-5-6(2,3)4/h2*3,6-10H2,1-2,4-5H3;1H2,2H3,(H,5,6);1H3,(H,2,3,4)/q2*+1;;/p-2. The molecule has 42 heavy (non-hydrogen) atoms. The van der Waals surface area contributed by atoms with Gasteiger partial charge in [-0.25, -0.2) is 18.0 Å². The summed E-state index contributed by atoms with van der Waals surface area (Å²) in [6, 6.07) is 0. The molecule has 0 radical (unpaired) electrons. The van der Waals surface area contributed by atoms with Gasteiger partial charge in [-0.05, 0) is 54.0 Å². The first kappa shape index (κ1) is 46.4. The first-order chi connectivity index (χ1) is 19.1. The van der Waals surface area contributed by atoms with Crippen molar-refractivity contribution in [3.8, 4) is 0 Å². The quantitative estimate of drug-likeness (QED) is 0.0623. The summed E-state index contributed by atoms with van der Waals surface area (Å²) >= 11 is 0. The molecule has 0 heterocycles. The van der Waals surface area contributed by atoms with Crippen LogP contribution in [0, 0.1) is 0 Å². The van der Waals surface area contributed by atoms with Gasteiger partial charge in [0.05, 0.1) is 79.7 Å². The fourth-order valence-electron chi connectivity index (χ4n) is 2.55. The van der Waals surface area contributed by atoms with Gasteiger partial charge in [0, 0.05) is 24.0 Å². The third-order valence-electron chi connectivity index (χ3n) is 6.45. The Morgan fingerprint density at radius 3 is 1.07 bits per heavy atom. The molecule has 0 saturated heterocycles. The van der Waals surface area contributed by atoms with Gasteiger partial charge >= 0.3 is 11.9 Å². The lowest BCUT2D eigenvalue weighted by Crippen LogP contribution is -2.44. The summed E-state index contributed by atoms with van der Waals surface area (Å²) < 4.78 is 43.2. The smallest absolute Gasteiger partial charge is 0.333 e. The van der Waals surface area contributed by atoms with Crippen molar-refractivity contribution in [3.63, 3.8) is 0 Å². The lowest BCUT2D eigenvalue weighted by Gasteiger charge is -2.32. The molecule has 0 spiro atoms. The summed E-state index contributed by atoms with van der Waals surface area (Å²) in [5.74, 6) is -1.75. The summed E-state index contributed by atoms with van der Waals surface area (Å²) in [6.45, 7) is 31.2. The largest absolute Gasteiger partial charge is 0.726 e. The third kappa shape index (κ3) is 30.4. The van der Waals surface area contributed by atoms with E-state index in [-0.39, 0.29) is 17.5 Å². The van der Waals surface area contributed by atoms with Crippen molar-refractivity contribution in [1.29, 1.82) is 0 Å². The number of carboxylic acid groups (broad SMARTS) is 1. The van der Waals surface area contributed by atoms with Gasteiger partial charge in [-0.2, -0.15) is 0 Å². The lowest BCUT2D eigenvalue weighted by atomic mass is 10.3. The fraction of sp³-hybridized carbons (Fsp3) is 0.690. The van der Waals surface area contributed by atoms with Crippen molar-refractivity contribution < 1.29 is 55.1 Å². The number of nitrogens with zero attached hydrogens (tertiary/aromatic N) is 2. The van der Waals surface area contributed by atoms with Gasteiger partial charge in [-0.1, -0.05) is 19.7 Å². The van der Waals surface area contributed by atoms with Gasteiger partial charge in [0.15, 0.2) is 0 Å². The number of rotatable bonds is 16. The van der Waals surface area contributed by atoms with Crippen LogP contribution in [0.25, 0.3) is 0 Å². The molecule has 0 aromatic rings. The van der Waals surface area contributed by atoms with Gasteiger partial charge in [-0.3, -0.25) is 4.18 Å². The van der Waals surface area contributed by atoms with Gasteiger partial charge < -0.3 is 32.9 Å². The SMILES string of the molecule is C=C(C)C(=O)OCCC[N+](C)(CC)CC.C=C(C)C(=O)OCCC[N+](C)(CC)CC.C=C(C)C(=O)[O-].COS(=O)(=O)[O-]. The zero-order valence-electron chi connectivity index (χ0n) is 27.6. The maximum absolute atomic E-state index is 11.1. The van der Waals surface area contributed by atoms with Crippen LogP contribution in [-0.2, 0) is 38.4 Å². The molecule has 0 aromatic heterocycles. The van der Waals surface area contributed by atoms with Crippen LogP contribution in [0.5, 0.6) is 0 Å². The van der Waals surface area contributed by atoms with E-state index in [0.717, 1.165) is 68.2 Å². The summed E-state index contributed by atoms with van der Waals surface area (Å²) in [5, 5.41) is 9.49. The molecule has 0 N–H and O–H groups in total. The number of aliphatic carboxylic acids is 1. The third-order valence-corrected chi connectivity index (χ3v) is 6.86. The second-order valence-electron chi connectivity index (χ2n) is 10.1. The van der Waals surface area contributed by atoms with Crippen molar-refractivity contribution in [3.05, 3.63) is 36.5 Å². The Balaban J connectivity index is -0.000000250.